The first kappa shape index (κ1) is 15.8. The Balaban J connectivity index is 2.08. The first-order valence-electron chi connectivity index (χ1n) is 7.09. The lowest BCUT2D eigenvalue weighted by atomic mass is 9.98. The van der Waals surface area contributed by atoms with Crippen LogP contribution in [0, 0.1) is 12.8 Å². The number of nitrogens with zero attached hydrogens (tertiary/aromatic N) is 1. The fourth-order valence-electron chi connectivity index (χ4n) is 1.95. The molecule has 0 fully saturated rings. The second kappa shape index (κ2) is 6.93. The molecule has 118 valence electrons. The molecule has 7 nitrogen and oxygen atoms in total. The summed E-state index contributed by atoms with van der Waals surface area (Å²) in [6.45, 7) is 5.57. The van der Waals surface area contributed by atoms with E-state index in [0.717, 1.165) is 6.42 Å². The Morgan fingerprint density at radius 1 is 1.41 bits per heavy atom. The summed E-state index contributed by atoms with van der Waals surface area (Å²) in [6, 6.07) is 4.08. The van der Waals surface area contributed by atoms with Gasteiger partial charge in [0.2, 0.25) is 5.91 Å². The van der Waals surface area contributed by atoms with E-state index in [0.29, 0.717) is 11.6 Å². The van der Waals surface area contributed by atoms with Crippen molar-refractivity contribution in [3.8, 4) is 0 Å². The van der Waals surface area contributed by atoms with Crippen molar-refractivity contribution >= 4 is 17.6 Å². The van der Waals surface area contributed by atoms with E-state index in [9.17, 15) is 9.59 Å². The van der Waals surface area contributed by atoms with E-state index in [4.69, 9.17) is 8.94 Å². The molecule has 2 aromatic heterocycles. The standard InChI is InChI=1S/C15H19N3O4/c1-4-9(2)13(17-14(19)11-6-5-7-21-11)15(20)16-12-8-10(3)22-18-12/h5-9,13H,4H2,1-3H3,(H,17,19)(H,16,18,20)/t9?,13-/m0/s1. The molecule has 2 atom stereocenters. The molecule has 2 heterocycles. The number of amides is 2. The molecule has 0 spiro atoms. The highest BCUT2D eigenvalue weighted by Crippen LogP contribution is 2.13. The zero-order valence-corrected chi connectivity index (χ0v) is 12.8. The Hall–Kier alpha value is -2.57. The maximum atomic E-state index is 12.4. The van der Waals surface area contributed by atoms with E-state index in [1.165, 1.54) is 6.26 Å². The van der Waals surface area contributed by atoms with Gasteiger partial charge in [-0.2, -0.15) is 0 Å². The number of carbonyl (C=O) groups excluding carboxylic acids is 2. The van der Waals surface area contributed by atoms with Crippen molar-refractivity contribution in [1.82, 2.24) is 10.5 Å². The van der Waals surface area contributed by atoms with E-state index < -0.39 is 11.9 Å². The van der Waals surface area contributed by atoms with Crippen LogP contribution in [0.15, 0.2) is 33.4 Å². The Morgan fingerprint density at radius 2 is 2.18 bits per heavy atom. The van der Waals surface area contributed by atoms with Gasteiger partial charge in [-0.3, -0.25) is 9.59 Å². The second-order valence-electron chi connectivity index (χ2n) is 5.13. The summed E-state index contributed by atoms with van der Waals surface area (Å²) >= 11 is 0. The maximum Gasteiger partial charge on any atom is 0.287 e. The quantitative estimate of drug-likeness (QED) is 0.853. The molecule has 2 rings (SSSR count). The average Bonchev–Trinajstić information content (AvgIpc) is 3.15. The minimum Gasteiger partial charge on any atom is -0.459 e. The summed E-state index contributed by atoms with van der Waals surface area (Å²) in [4.78, 5) is 24.5. The molecule has 1 unspecified atom stereocenters. The largest absolute Gasteiger partial charge is 0.459 e. The topological polar surface area (TPSA) is 97.4 Å². The fraction of sp³-hybridized carbons (Fsp3) is 0.400. The van der Waals surface area contributed by atoms with Crippen LogP contribution in [0.25, 0.3) is 0 Å². The summed E-state index contributed by atoms with van der Waals surface area (Å²) in [7, 11) is 0. The van der Waals surface area contributed by atoms with Crippen LogP contribution < -0.4 is 10.6 Å². The Kier molecular flexibility index (Phi) is 4.98. The van der Waals surface area contributed by atoms with Crippen LogP contribution >= 0.6 is 0 Å². The van der Waals surface area contributed by atoms with Gasteiger partial charge >= 0.3 is 0 Å². The summed E-state index contributed by atoms with van der Waals surface area (Å²) in [5.41, 5.74) is 0. The molecule has 2 aromatic rings. The summed E-state index contributed by atoms with van der Waals surface area (Å²) < 4.78 is 9.94. The number of furan rings is 1. The zero-order valence-electron chi connectivity index (χ0n) is 12.8. The van der Waals surface area contributed by atoms with E-state index in [-0.39, 0.29) is 17.6 Å². The molecule has 2 amide bonds. The van der Waals surface area contributed by atoms with Gasteiger partial charge in [0.1, 0.15) is 11.8 Å². The maximum absolute atomic E-state index is 12.4. The second-order valence-corrected chi connectivity index (χ2v) is 5.13. The van der Waals surface area contributed by atoms with E-state index in [1.54, 1.807) is 25.1 Å². The van der Waals surface area contributed by atoms with Gasteiger partial charge in [-0.25, -0.2) is 0 Å². The number of anilines is 1. The third-order valence-corrected chi connectivity index (χ3v) is 3.41. The summed E-state index contributed by atoms with van der Waals surface area (Å²) in [5.74, 6) is 0.257. The highest BCUT2D eigenvalue weighted by molar-refractivity contribution is 5.99. The van der Waals surface area contributed by atoms with E-state index in [1.807, 2.05) is 13.8 Å². The molecule has 0 bridgehead atoms. The minimum absolute atomic E-state index is 0.0492. The Bertz CT molecular complexity index is 633. The molecule has 0 radical (unpaired) electrons. The summed E-state index contributed by atoms with van der Waals surface area (Å²) in [6.07, 6.45) is 2.14. The molecule has 0 aliphatic rings. The predicted molar refractivity (Wildman–Crippen MR) is 79.3 cm³/mol. The zero-order chi connectivity index (χ0) is 16.1. The van der Waals surface area contributed by atoms with E-state index >= 15 is 0 Å². The molecular formula is C15H19N3O4. The lowest BCUT2D eigenvalue weighted by Crippen LogP contribution is -2.47. The Labute approximate surface area is 128 Å². The monoisotopic (exact) mass is 305 g/mol. The summed E-state index contributed by atoms with van der Waals surface area (Å²) in [5, 5.41) is 9.05. The van der Waals surface area contributed by atoms with Gasteiger partial charge < -0.3 is 19.6 Å². The van der Waals surface area contributed by atoms with Crippen LogP contribution in [0.5, 0.6) is 0 Å². The third kappa shape index (κ3) is 3.75. The van der Waals surface area contributed by atoms with Crippen LogP contribution in [0.2, 0.25) is 0 Å². The first-order chi connectivity index (χ1) is 10.5. The van der Waals surface area contributed by atoms with Gasteiger partial charge in [-0.05, 0) is 25.0 Å². The first-order valence-corrected chi connectivity index (χ1v) is 7.09. The molecule has 0 aliphatic carbocycles. The fourth-order valence-corrected chi connectivity index (χ4v) is 1.95. The average molecular weight is 305 g/mol. The molecule has 0 saturated carbocycles. The van der Waals surface area contributed by atoms with Crippen LogP contribution in [-0.4, -0.2) is 23.0 Å². The number of carbonyl (C=O) groups is 2. The molecular weight excluding hydrogens is 286 g/mol. The van der Waals surface area contributed by atoms with Crippen molar-refractivity contribution in [3.63, 3.8) is 0 Å². The van der Waals surface area contributed by atoms with Gasteiger partial charge in [0.15, 0.2) is 11.6 Å². The van der Waals surface area contributed by atoms with Crippen molar-refractivity contribution in [2.75, 3.05) is 5.32 Å². The number of aryl methyl sites for hydroxylation is 1. The van der Waals surface area contributed by atoms with Gasteiger partial charge in [0.05, 0.1) is 6.26 Å². The lowest BCUT2D eigenvalue weighted by Gasteiger charge is -2.22. The van der Waals surface area contributed by atoms with Crippen molar-refractivity contribution in [3.05, 3.63) is 36.0 Å². The SMILES string of the molecule is CCC(C)[C@H](NC(=O)c1ccco1)C(=O)Nc1cc(C)on1. The van der Waals surface area contributed by atoms with E-state index in [2.05, 4.69) is 15.8 Å². The normalized spacial score (nSPS) is 13.4. The highest BCUT2D eigenvalue weighted by Gasteiger charge is 2.27. The van der Waals surface area contributed by atoms with Gasteiger partial charge in [0.25, 0.3) is 5.91 Å². The van der Waals surface area contributed by atoms with Gasteiger partial charge in [0, 0.05) is 6.07 Å². The highest BCUT2D eigenvalue weighted by atomic mass is 16.5. The third-order valence-electron chi connectivity index (χ3n) is 3.41. The molecule has 0 saturated heterocycles. The molecule has 2 N–H and O–H groups in total. The van der Waals surface area contributed by atoms with Crippen LogP contribution in [0.3, 0.4) is 0 Å². The number of aromatic nitrogens is 1. The molecule has 0 aromatic carbocycles. The molecule has 0 aliphatic heterocycles. The number of nitrogens with one attached hydrogen (secondary N) is 2. The molecule has 22 heavy (non-hydrogen) atoms. The van der Waals surface area contributed by atoms with Crippen molar-refractivity contribution in [2.45, 2.75) is 33.2 Å². The van der Waals surface area contributed by atoms with Crippen LogP contribution in [-0.2, 0) is 4.79 Å². The van der Waals surface area contributed by atoms with Crippen LogP contribution in [0.1, 0.15) is 36.6 Å². The predicted octanol–water partition coefficient (Wildman–Crippen LogP) is 2.36. The van der Waals surface area contributed by atoms with Crippen LogP contribution in [0.4, 0.5) is 5.82 Å². The van der Waals surface area contributed by atoms with Crippen molar-refractivity contribution in [1.29, 1.82) is 0 Å². The van der Waals surface area contributed by atoms with Crippen molar-refractivity contribution in [2.24, 2.45) is 5.92 Å². The molecule has 7 heteroatoms. The number of hydrogen-bond donors (Lipinski definition) is 2. The van der Waals surface area contributed by atoms with Gasteiger partial charge in [-0.1, -0.05) is 25.4 Å². The number of rotatable bonds is 6. The smallest absolute Gasteiger partial charge is 0.287 e. The number of hydrogen-bond acceptors (Lipinski definition) is 5. The van der Waals surface area contributed by atoms with Gasteiger partial charge in [-0.15, -0.1) is 0 Å². The van der Waals surface area contributed by atoms with Crippen molar-refractivity contribution < 1.29 is 18.5 Å². The lowest BCUT2D eigenvalue weighted by molar-refractivity contribution is -0.119. The Morgan fingerprint density at radius 3 is 2.73 bits per heavy atom. The minimum atomic E-state index is -0.695.